The number of rotatable bonds is 14. The van der Waals surface area contributed by atoms with Gasteiger partial charge in [0.05, 0.1) is 0 Å². The number of thioether (sulfide) groups is 1. The van der Waals surface area contributed by atoms with E-state index in [-0.39, 0.29) is 16.9 Å². The maximum absolute atomic E-state index is 12.6. The van der Waals surface area contributed by atoms with Gasteiger partial charge >= 0.3 is 6.09 Å². The van der Waals surface area contributed by atoms with Crippen molar-refractivity contribution in [3.8, 4) is 0 Å². The number of ether oxygens (including phenoxy) is 1. The molecule has 9 nitrogen and oxygen atoms in total. The van der Waals surface area contributed by atoms with Crippen LogP contribution in [-0.2, 0) is 14.3 Å². The van der Waals surface area contributed by atoms with Gasteiger partial charge in [-0.15, -0.1) is 0 Å². The number of hydrogen-bond acceptors (Lipinski definition) is 6. The number of alkyl carbamates (subject to hydrolysis) is 1. The van der Waals surface area contributed by atoms with E-state index in [1.165, 1.54) is 26.2 Å². The molecule has 4 amide bonds. The molecule has 0 aromatic heterocycles. The quantitative estimate of drug-likeness (QED) is 0.286. The van der Waals surface area contributed by atoms with Crippen LogP contribution in [-0.4, -0.2) is 59.7 Å². The Morgan fingerprint density at radius 2 is 1.50 bits per heavy atom. The number of carbonyl (C=O) groups excluding carboxylic acids is 4. The molecule has 0 spiro atoms. The molecular weight excluding hydrogens is 432 g/mol. The Morgan fingerprint density at radius 1 is 0.875 bits per heavy atom. The van der Waals surface area contributed by atoms with E-state index >= 15 is 0 Å². The lowest BCUT2D eigenvalue weighted by Crippen LogP contribution is -2.54. The van der Waals surface area contributed by atoms with Gasteiger partial charge in [-0.05, 0) is 41.0 Å². The summed E-state index contributed by atoms with van der Waals surface area (Å²) in [5.74, 6) is -0.806. The zero-order chi connectivity index (χ0) is 24.6. The molecule has 0 saturated carbocycles. The third kappa shape index (κ3) is 15.8. The summed E-state index contributed by atoms with van der Waals surface area (Å²) >= 11 is 0.928. The van der Waals surface area contributed by atoms with Crippen LogP contribution in [0.2, 0.25) is 0 Å². The minimum atomic E-state index is -0.909. The second-order valence-corrected chi connectivity index (χ2v) is 9.61. The van der Waals surface area contributed by atoms with E-state index in [2.05, 4.69) is 28.2 Å². The topological polar surface area (TPSA) is 126 Å². The molecule has 32 heavy (non-hydrogen) atoms. The van der Waals surface area contributed by atoms with Crippen molar-refractivity contribution >= 4 is 34.9 Å². The zero-order valence-corrected chi connectivity index (χ0v) is 21.3. The zero-order valence-electron chi connectivity index (χ0n) is 20.5. The molecule has 186 valence electrons. The van der Waals surface area contributed by atoms with Crippen molar-refractivity contribution in [3.63, 3.8) is 0 Å². The van der Waals surface area contributed by atoms with Gasteiger partial charge in [-0.2, -0.15) is 0 Å². The normalized spacial score (nSPS) is 12.9. The minimum absolute atomic E-state index is 0.0824. The van der Waals surface area contributed by atoms with Crippen molar-refractivity contribution in [2.24, 2.45) is 0 Å². The monoisotopic (exact) mass is 474 g/mol. The molecule has 0 rings (SSSR count). The Balaban J connectivity index is 4.75. The summed E-state index contributed by atoms with van der Waals surface area (Å²) in [7, 11) is 0. The summed E-state index contributed by atoms with van der Waals surface area (Å²) in [6.07, 6.45) is 5.88. The summed E-state index contributed by atoms with van der Waals surface area (Å²) in [6, 6.07) is -1.81. The van der Waals surface area contributed by atoms with Crippen molar-refractivity contribution in [2.45, 2.75) is 97.8 Å². The van der Waals surface area contributed by atoms with Crippen LogP contribution in [0.1, 0.15) is 80.1 Å². The maximum atomic E-state index is 12.6. The van der Waals surface area contributed by atoms with Crippen molar-refractivity contribution in [2.75, 3.05) is 18.8 Å². The second kappa shape index (κ2) is 16.6. The predicted octanol–water partition coefficient (Wildman–Crippen LogP) is 3.32. The summed E-state index contributed by atoms with van der Waals surface area (Å²) in [5, 5.41) is 10.3. The highest BCUT2D eigenvalue weighted by molar-refractivity contribution is 8.13. The first-order valence-electron chi connectivity index (χ1n) is 11.5. The highest BCUT2D eigenvalue weighted by atomic mass is 32.2. The largest absolute Gasteiger partial charge is 0.444 e. The lowest BCUT2D eigenvalue weighted by molar-refractivity contribution is -0.129. The van der Waals surface area contributed by atoms with Crippen LogP contribution < -0.4 is 21.3 Å². The molecule has 0 saturated heterocycles. The Bertz CT molecular complexity index is 595. The summed E-state index contributed by atoms with van der Waals surface area (Å²) in [5.41, 5.74) is -0.692. The second-order valence-electron chi connectivity index (χ2n) is 8.62. The fourth-order valence-corrected chi connectivity index (χ4v) is 3.42. The van der Waals surface area contributed by atoms with Crippen molar-refractivity contribution in [1.82, 2.24) is 21.3 Å². The number of unbranched alkanes of at least 4 members (excludes halogenated alkanes) is 5. The first-order valence-corrected chi connectivity index (χ1v) is 12.5. The predicted molar refractivity (Wildman–Crippen MR) is 129 cm³/mol. The number of carbonyl (C=O) groups is 4. The van der Waals surface area contributed by atoms with Crippen molar-refractivity contribution in [3.05, 3.63) is 0 Å². The Kier molecular flexibility index (Phi) is 15.6. The fourth-order valence-electron chi connectivity index (χ4n) is 2.62. The molecule has 2 atom stereocenters. The van der Waals surface area contributed by atoms with Crippen molar-refractivity contribution < 1.29 is 23.9 Å². The molecule has 0 fully saturated rings. The van der Waals surface area contributed by atoms with E-state index in [0.29, 0.717) is 13.1 Å². The molecule has 0 unspecified atom stereocenters. The lowest BCUT2D eigenvalue weighted by Gasteiger charge is -2.23. The Morgan fingerprint density at radius 3 is 2.09 bits per heavy atom. The van der Waals surface area contributed by atoms with Gasteiger partial charge in [-0.25, -0.2) is 4.79 Å². The average molecular weight is 475 g/mol. The molecule has 0 aromatic rings. The minimum Gasteiger partial charge on any atom is -0.444 e. The number of nitrogens with one attached hydrogen (secondary N) is 4. The van der Waals surface area contributed by atoms with Crippen LogP contribution >= 0.6 is 11.8 Å². The Labute approximate surface area is 196 Å². The number of hydrogen-bond donors (Lipinski definition) is 4. The van der Waals surface area contributed by atoms with E-state index in [0.717, 1.165) is 31.0 Å². The lowest BCUT2D eigenvalue weighted by atomic mass is 10.1. The van der Waals surface area contributed by atoms with Crippen LogP contribution in [0.15, 0.2) is 0 Å². The molecule has 0 aromatic carbocycles. The van der Waals surface area contributed by atoms with Gasteiger partial charge in [0, 0.05) is 18.8 Å². The molecule has 10 heteroatoms. The molecular formula is C22H42N4O5S. The van der Waals surface area contributed by atoms with Gasteiger partial charge in [-0.1, -0.05) is 50.8 Å². The SMILES string of the molecule is CCCCCCCCNC(=O)[C@H](CSC(=O)NCC)NC(=O)[C@@H](C)NC(=O)OC(C)(C)C. The van der Waals surface area contributed by atoms with Gasteiger partial charge in [0.2, 0.25) is 11.8 Å². The van der Waals surface area contributed by atoms with Gasteiger partial charge in [0.15, 0.2) is 0 Å². The first kappa shape index (κ1) is 30.0. The third-order valence-corrected chi connectivity index (χ3v) is 5.20. The van der Waals surface area contributed by atoms with E-state index in [1.54, 1.807) is 27.7 Å². The summed E-state index contributed by atoms with van der Waals surface area (Å²) in [6.45, 7) is 11.6. The first-order chi connectivity index (χ1) is 15.0. The average Bonchev–Trinajstić information content (AvgIpc) is 2.68. The number of amides is 4. The van der Waals surface area contributed by atoms with E-state index in [1.807, 2.05) is 0 Å². The molecule has 4 N–H and O–H groups in total. The summed E-state index contributed by atoms with van der Waals surface area (Å²) in [4.78, 5) is 48.9. The smallest absolute Gasteiger partial charge is 0.408 e. The molecule has 0 aliphatic carbocycles. The van der Waals surface area contributed by atoms with Crippen LogP contribution in [0.4, 0.5) is 9.59 Å². The van der Waals surface area contributed by atoms with Gasteiger partial charge < -0.3 is 26.0 Å². The van der Waals surface area contributed by atoms with Crippen LogP contribution in [0.25, 0.3) is 0 Å². The maximum Gasteiger partial charge on any atom is 0.408 e. The fraction of sp³-hybridized carbons (Fsp3) is 0.818. The summed E-state index contributed by atoms with van der Waals surface area (Å²) < 4.78 is 5.15. The van der Waals surface area contributed by atoms with E-state index in [9.17, 15) is 19.2 Å². The van der Waals surface area contributed by atoms with Gasteiger partial charge in [0.1, 0.15) is 17.7 Å². The van der Waals surface area contributed by atoms with Gasteiger partial charge in [0.25, 0.3) is 5.24 Å². The molecule has 0 bridgehead atoms. The van der Waals surface area contributed by atoms with Crippen LogP contribution in [0.3, 0.4) is 0 Å². The van der Waals surface area contributed by atoms with Crippen LogP contribution in [0.5, 0.6) is 0 Å². The third-order valence-electron chi connectivity index (χ3n) is 4.29. The van der Waals surface area contributed by atoms with E-state index < -0.39 is 29.7 Å². The van der Waals surface area contributed by atoms with Crippen LogP contribution in [0, 0.1) is 0 Å². The van der Waals surface area contributed by atoms with Gasteiger partial charge in [-0.3, -0.25) is 14.4 Å². The molecule has 0 aliphatic heterocycles. The molecule has 0 aliphatic rings. The van der Waals surface area contributed by atoms with Crippen molar-refractivity contribution in [1.29, 1.82) is 0 Å². The van der Waals surface area contributed by atoms with E-state index in [4.69, 9.17) is 4.74 Å². The highest BCUT2D eigenvalue weighted by Gasteiger charge is 2.26. The molecule has 0 heterocycles. The highest BCUT2D eigenvalue weighted by Crippen LogP contribution is 2.08. The Hall–Kier alpha value is -1.97. The molecule has 0 radical (unpaired) electrons. The standard InChI is InChI=1S/C22H42N4O5S/c1-7-9-10-11-12-13-14-24-19(28)17(15-32-21(30)23-8-2)26-18(27)16(3)25-20(29)31-22(4,5)6/h16-17H,7-15H2,1-6H3,(H,23,30)(H,24,28)(H,25,29)(H,26,27)/t16-,17+/m1/s1.